The van der Waals surface area contributed by atoms with Gasteiger partial charge in [-0.3, -0.25) is 28.6 Å². The van der Waals surface area contributed by atoms with Gasteiger partial charge in [0.15, 0.2) is 40.3 Å². The molecule has 0 fully saturated rings. The molecule has 10 aromatic rings. The van der Waals surface area contributed by atoms with E-state index in [-0.39, 0.29) is 283 Å². The predicted octanol–water partition coefficient (Wildman–Crippen LogP) is 15.5. The molecule has 0 saturated carbocycles. The fourth-order valence-electron chi connectivity index (χ4n) is 7.89. The summed E-state index contributed by atoms with van der Waals surface area (Å²) in [4.78, 5) is 126. The Labute approximate surface area is 911 Å². The van der Waals surface area contributed by atoms with Crippen LogP contribution in [0.1, 0.15) is 133 Å². The number of ether oxygens (including phenoxy) is 1. The summed E-state index contributed by atoms with van der Waals surface area (Å²) < 4.78 is 25.0. The third-order valence-corrected chi connectivity index (χ3v) is 15.3. The average Bonchev–Trinajstić information content (AvgIpc) is 1.62. The molecule has 10 heterocycles. The molecule has 8 aromatic heterocycles. The van der Waals surface area contributed by atoms with E-state index in [1.54, 1.807) is 121 Å². The van der Waals surface area contributed by atoms with Crippen LogP contribution in [0.2, 0.25) is 35.2 Å². The first kappa shape index (κ1) is 141. The molecule has 0 atom stereocenters. The molecular formula is C76H72BCl13K2N19NaO13PS. The number of carboxylic acid groups (broad SMARTS) is 1. The molecule has 0 saturated heterocycles. The number of imidazole rings is 1. The maximum Gasteiger partial charge on any atom is 1.00 e. The summed E-state index contributed by atoms with van der Waals surface area (Å²) in [5.41, 5.74) is 9.97. The molecule has 51 heteroatoms. The zero-order valence-electron chi connectivity index (χ0n) is 63.2. The van der Waals surface area contributed by atoms with Crippen molar-refractivity contribution < 1.29 is 197 Å². The molecule has 127 heavy (non-hydrogen) atoms. The third kappa shape index (κ3) is 51.2. The Bertz CT molecular complexity index is 5390. The number of nitrogens with zero attached hydrogens (tertiary/aromatic N) is 17. The van der Waals surface area contributed by atoms with Crippen molar-refractivity contribution in [2.24, 2.45) is 5.73 Å². The smallest absolute Gasteiger partial charge is 1.00 e. The average molecular weight is 2100 g/mol. The van der Waals surface area contributed by atoms with Crippen LogP contribution in [0.3, 0.4) is 0 Å². The standard InChI is InChI=1S/C15H8ClN3O2.C9H7ClN2O2.C8H6ClN3O.C8H4ClN3.C8H5NO2.C7H4Cl2N2.C7H6ClN3.C7H5ClN2O.CH2O2.6CH4.B.Cl3OP.Cl2OS.2K.Na.H2O.H/c1-17-13-7-6-11(16)12(18-13)8-19-14(20)9-4-2-3-5-10(9)15(19)21;1-3-14-9(13)8-6(10)4-5-7(11-2)12-8;1-10-8-3-2-6(9)7(12-8)4-11-5-13;1-10-8-3-2-6(9)7-4-11-5-12(7)8;10-7-5-3-1-2-4-6(5)8(11)9-7;1-10-7-3-2-5(9)6(4-8)11-7;1-10-7-3-2-5(8)6(4-9)11-7;1-9-7-3-2-5(8)6(4-11)10-7;2-1-3;;;;;;;;1-5(2,3)4;1-4(2)3;;;;;/h2-7H,8H2;4-5H,3H2,1H3;2-3,5H,4H2,(H,11,13);2-5H;1-4H,(H,9,10,11);2-3H,4H2;2-3H,4,9H2;2-3,11H,4H2;1H,(H,2,3);6*1H4;;;;;;;1H2;/q;;;;;;;;;;;;;;;;;;3*+1;;-1/p-2. The number of benzene rings is 2. The van der Waals surface area contributed by atoms with E-state index in [1.165, 1.54) is 36.4 Å². The molecule has 0 unspecified atom stereocenters. The molecule has 2 aromatic carbocycles. The Balaban J connectivity index is -0.000000133. The monoisotopic (exact) mass is 2090 g/mol. The van der Waals surface area contributed by atoms with Crippen molar-refractivity contribution >= 4 is 259 Å². The Morgan fingerprint density at radius 2 is 0.882 bits per heavy atom. The SMILES string of the molecule is C.C.C.C.C.C.O=C1[N-]C(=O)c2ccccc21.O=CO.O=P(Cl)(Cl)Cl.O=S(Cl)Cl.[B].[C-]#[N+]c1ccc(Cl)c(C(=O)OCC)n1.[C-]#[N+]c1ccc(Cl)c(CCl)n1.[C-]#[N+]c1ccc(Cl)c(CN)n1.[C-]#[N+]c1ccc(Cl)c(CN2C(=O)c3ccccc3C2=O)n1.[C-]#[N+]c1ccc(Cl)c(CNC=O)n1.[C-]#[N+]c1ccc(Cl)c(CO)n1.[C-]#[N+]c1ccc(Cl)c2cncn12.[H-].[K+].[K+].[Na+].[OH-]. The maximum absolute atomic E-state index is 12.3. The van der Waals surface area contributed by atoms with Crippen molar-refractivity contribution in [3.8, 4) is 0 Å². The molecule has 12 rings (SSSR count). The minimum atomic E-state index is -3.22. The first-order valence-electron chi connectivity index (χ1n) is 30.4. The number of nitrogens with one attached hydrogen (secondary N) is 1. The van der Waals surface area contributed by atoms with E-state index in [0.29, 0.717) is 105 Å². The van der Waals surface area contributed by atoms with Crippen LogP contribution in [0.25, 0.3) is 44.7 Å². The molecule has 0 aliphatic carbocycles. The van der Waals surface area contributed by atoms with Crippen LogP contribution in [0, 0.1) is 46.0 Å². The molecule has 657 valence electrons. The summed E-state index contributed by atoms with van der Waals surface area (Å²) in [6, 6.07) is 35.1. The number of carbonyl (C=O) groups excluding carboxylic acids is 6. The van der Waals surface area contributed by atoms with Crippen molar-refractivity contribution in [3.05, 3.63) is 323 Å². The van der Waals surface area contributed by atoms with Crippen molar-refractivity contribution in [2.45, 2.75) is 83.6 Å². The van der Waals surface area contributed by atoms with Crippen LogP contribution < -0.4 is 143 Å². The number of carbonyl (C=O) groups is 7. The summed E-state index contributed by atoms with van der Waals surface area (Å²) in [7, 11) is 7.36. The number of pyridine rings is 7. The van der Waals surface area contributed by atoms with Gasteiger partial charge in [-0.1, -0.05) is 208 Å². The molecule has 0 spiro atoms. The first-order valence-corrected chi connectivity index (χ1v) is 40.8. The Hall–Kier alpha value is -6.48. The van der Waals surface area contributed by atoms with E-state index in [0.717, 1.165) is 10.4 Å². The van der Waals surface area contributed by atoms with Crippen LogP contribution in [-0.2, 0) is 60.2 Å². The van der Waals surface area contributed by atoms with Crippen LogP contribution >= 0.6 is 153 Å². The molecule has 2 aliphatic rings. The fourth-order valence-corrected chi connectivity index (χ4v) is 9.41. The number of aliphatic hydroxyl groups excluding tert-OH is 1. The second-order valence-corrected chi connectivity index (χ2v) is 32.2. The maximum atomic E-state index is 12.3. The predicted molar refractivity (Wildman–Crippen MR) is 494 cm³/mol. The molecule has 0 bridgehead atoms. The number of imide groups is 2. The van der Waals surface area contributed by atoms with Crippen LogP contribution in [0.4, 0.5) is 40.7 Å². The van der Waals surface area contributed by atoms with Gasteiger partial charge in [0.25, 0.3) is 58.9 Å². The van der Waals surface area contributed by atoms with Crippen molar-refractivity contribution in [3.63, 3.8) is 0 Å². The van der Waals surface area contributed by atoms with Crippen molar-refractivity contribution in [2.75, 3.05) is 6.61 Å². The number of halogens is 13. The molecular weight excluding hydrogens is 2020 g/mol. The van der Waals surface area contributed by atoms with Gasteiger partial charge in [0.05, 0.1) is 96.4 Å². The number of aliphatic hydroxyl groups is 1. The normalized spacial score (nSPS) is 9.54. The minimum Gasteiger partial charge on any atom is -1.00 e. The van der Waals surface area contributed by atoms with Gasteiger partial charge >= 0.3 is 143 Å². The Morgan fingerprint density at radius 1 is 0.559 bits per heavy atom. The largest absolute Gasteiger partial charge is 1.00 e. The van der Waals surface area contributed by atoms with E-state index >= 15 is 0 Å². The van der Waals surface area contributed by atoms with Gasteiger partial charge in [-0.05, 0) is 138 Å². The summed E-state index contributed by atoms with van der Waals surface area (Å²) in [6.07, 6.45) is 3.77. The summed E-state index contributed by atoms with van der Waals surface area (Å²) >= 11 is 59.8. The topological polar surface area (TPSA) is 414 Å². The second kappa shape index (κ2) is 77.1. The number of rotatable bonds is 10. The minimum absolute atomic E-state index is 0. The third-order valence-electron chi connectivity index (χ3n) is 12.7. The van der Waals surface area contributed by atoms with Crippen LogP contribution in [0.15, 0.2) is 146 Å². The number of hydrogen-bond acceptors (Lipinski definition) is 20. The van der Waals surface area contributed by atoms with Crippen LogP contribution in [-0.4, -0.2) is 122 Å². The molecule has 5 amide bonds. The number of aromatic nitrogens is 8. The zero-order chi connectivity index (χ0) is 87.2. The number of fused-ring (bicyclic) bond motifs is 3. The van der Waals surface area contributed by atoms with Gasteiger partial charge in [0.1, 0.15) is 6.61 Å². The fraction of sp³-hybridized carbons (Fsp3) is 0.171. The second-order valence-electron chi connectivity index (χ2n) is 19.9. The van der Waals surface area contributed by atoms with Gasteiger partial charge in [0, 0.05) is 40.9 Å². The van der Waals surface area contributed by atoms with Crippen LogP contribution in [0.5, 0.6) is 0 Å². The van der Waals surface area contributed by atoms with E-state index < -0.39 is 32.2 Å². The number of alkyl halides is 1. The summed E-state index contributed by atoms with van der Waals surface area (Å²) in [5.74, 6) is 0.0192. The molecule has 2 aliphatic heterocycles. The molecule has 6 N–H and O–H groups in total. The quantitative estimate of drug-likeness (QED) is 0.0144. The van der Waals surface area contributed by atoms with E-state index in [9.17, 15) is 33.3 Å². The number of nitrogens with two attached hydrogens (primary N) is 1. The van der Waals surface area contributed by atoms with Crippen molar-refractivity contribution in [1.82, 2.24) is 49.5 Å². The van der Waals surface area contributed by atoms with Gasteiger partial charge < -0.3 is 81.7 Å². The molecule has 32 nitrogen and oxygen atoms in total. The zero-order valence-corrected chi connectivity index (χ0v) is 82.0. The van der Waals surface area contributed by atoms with Gasteiger partial charge in [-0.25, -0.2) is 18.4 Å². The Morgan fingerprint density at radius 3 is 1.24 bits per heavy atom. The number of hydrogen-bond donors (Lipinski definition) is 4. The van der Waals surface area contributed by atoms with E-state index in [2.05, 4.69) is 135 Å². The molecule has 3 radical (unpaired) electrons. The summed E-state index contributed by atoms with van der Waals surface area (Å²) in [6.45, 7) is 49.1. The van der Waals surface area contributed by atoms with Crippen molar-refractivity contribution in [1.29, 1.82) is 0 Å². The van der Waals surface area contributed by atoms with E-state index in [1.807, 2.05) is 0 Å². The summed E-state index contributed by atoms with van der Waals surface area (Å²) in [5, 5.41) is 21.0. The first-order chi connectivity index (χ1) is 55.2. The Kier molecular flexibility index (Phi) is 85.6. The van der Waals surface area contributed by atoms with Gasteiger partial charge in [0.2, 0.25) is 21.5 Å². The number of amides is 5. The van der Waals surface area contributed by atoms with E-state index in [4.69, 9.17) is 168 Å². The number of esters is 1. The van der Waals surface area contributed by atoms with Gasteiger partial charge in [-0.2, -0.15) is 0 Å². The van der Waals surface area contributed by atoms with Gasteiger partial charge in [-0.15, -0.1) is 41.5 Å².